The number of ether oxygens (including phenoxy) is 1. The molecular weight excluding hydrogens is 306 g/mol. The fourth-order valence-corrected chi connectivity index (χ4v) is 3.93. The topological polar surface area (TPSA) is 12.5 Å². The van der Waals surface area contributed by atoms with E-state index < -0.39 is 0 Å². The van der Waals surface area contributed by atoms with Crippen LogP contribution in [0.5, 0.6) is 5.75 Å². The molecule has 2 nitrogen and oxygen atoms in total. The van der Waals surface area contributed by atoms with Gasteiger partial charge in [0.1, 0.15) is 5.75 Å². The van der Waals surface area contributed by atoms with Crippen LogP contribution in [0.2, 0.25) is 0 Å². The van der Waals surface area contributed by atoms with Gasteiger partial charge in [0.05, 0.1) is 6.61 Å². The van der Waals surface area contributed by atoms with Crippen LogP contribution in [0, 0.1) is 5.92 Å². The molecule has 2 atom stereocenters. The molecule has 0 amide bonds. The van der Waals surface area contributed by atoms with E-state index in [0.29, 0.717) is 11.8 Å². The molecule has 0 saturated carbocycles. The second-order valence-corrected chi connectivity index (χ2v) is 8.39. The molecule has 0 aromatic heterocycles. The number of hydrogen-bond donors (Lipinski definition) is 0. The van der Waals surface area contributed by atoms with Gasteiger partial charge in [-0.15, -0.1) is 0 Å². The van der Waals surface area contributed by atoms with Crippen LogP contribution in [0.3, 0.4) is 0 Å². The standard InChI is InChI=1S/C23H31NO/c1-23(2,3)21-12-8-9-13-22(21)25-17-19-16-24(4)15-14-20(19)18-10-6-5-7-11-18/h5-13,19-20H,14-17H2,1-4H3. The van der Waals surface area contributed by atoms with E-state index in [4.69, 9.17) is 4.74 Å². The van der Waals surface area contributed by atoms with Crippen molar-refractivity contribution >= 4 is 0 Å². The Balaban J connectivity index is 1.76. The number of likely N-dealkylation sites (tertiary alicyclic amines) is 1. The van der Waals surface area contributed by atoms with Crippen molar-refractivity contribution in [2.45, 2.75) is 38.5 Å². The third-order valence-corrected chi connectivity index (χ3v) is 5.31. The number of benzene rings is 2. The summed E-state index contributed by atoms with van der Waals surface area (Å²) in [6.07, 6.45) is 1.20. The summed E-state index contributed by atoms with van der Waals surface area (Å²) in [5.41, 5.74) is 2.84. The van der Waals surface area contributed by atoms with Gasteiger partial charge in [0.15, 0.2) is 0 Å². The van der Waals surface area contributed by atoms with Crippen LogP contribution < -0.4 is 4.74 Å². The first-order chi connectivity index (χ1) is 11.9. The predicted octanol–water partition coefficient (Wildman–Crippen LogP) is 5.10. The van der Waals surface area contributed by atoms with Crippen molar-refractivity contribution in [2.24, 2.45) is 5.92 Å². The smallest absolute Gasteiger partial charge is 0.123 e. The van der Waals surface area contributed by atoms with Crippen LogP contribution in [-0.4, -0.2) is 31.6 Å². The van der Waals surface area contributed by atoms with E-state index >= 15 is 0 Å². The van der Waals surface area contributed by atoms with E-state index in [-0.39, 0.29) is 5.41 Å². The minimum absolute atomic E-state index is 0.0960. The van der Waals surface area contributed by atoms with E-state index in [2.05, 4.69) is 87.3 Å². The fourth-order valence-electron chi connectivity index (χ4n) is 3.93. The molecular formula is C23H31NO. The van der Waals surface area contributed by atoms with Crippen LogP contribution in [-0.2, 0) is 5.41 Å². The Labute approximate surface area is 152 Å². The molecule has 2 aromatic rings. The average Bonchev–Trinajstić information content (AvgIpc) is 2.60. The highest BCUT2D eigenvalue weighted by atomic mass is 16.5. The van der Waals surface area contributed by atoms with E-state index in [1.54, 1.807) is 0 Å². The lowest BCUT2D eigenvalue weighted by atomic mass is 9.81. The highest BCUT2D eigenvalue weighted by Crippen LogP contribution is 2.35. The summed E-state index contributed by atoms with van der Waals surface area (Å²) in [4.78, 5) is 2.43. The molecule has 2 aromatic carbocycles. The molecule has 0 bridgehead atoms. The lowest BCUT2D eigenvalue weighted by Gasteiger charge is -2.37. The van der Waals surface area contributed by atoms with E-state index in [9.17, 15) is 0 Å². The predicted molar refractivity (Wildman–Crippen MR) is 105 cm³/mol. The van der Waals surface area contributed by atoms with Crippen molar-refractivity contribution < 1.29 is 4.74 Å². The molecule has 1 aliphatic rings. The third-order valence-electron chi connectivity index (χ3n) is 5.31. The van der Waals surface area contributed by atoms with Crippen LogP contribution in [0.4, 0.5) is 0 Å². The van der Waals surface area contributed by atoms with Crippen molar-refractivity contribution in [1.29, 1.82) is 0 Å². The highest BCUT2D eigenvalue weighted by Gasteiger charge is 2.30. The maximum atomic E-state index is 6.38. The zero-order valence-electron chi connectivity index (χ0n) is 16.0. The van der Waals surface area contributed by atoms with Crippen molar-refractivity contribution in [3.63, 3.8) is 0 Å². The van der Waals surface area contributed by atoms with Gasteiger partial charge < -0.3 is 9.64 Å². The molecule has 1 saturated heterocycles. The summed E-state index contributed by atoms with van der Waals surface area (Å²) < 4.78 is 6.38. The molecule has 1 fully saturated rings. The minimum Gasteiger partial charge on any atom is -0.493 e. The zero-order valence-corrected chi connectivity index (χ0v) is 16.0. The molecule has 0 aliphatic carbocycles. The molecule has 2 heteroatoms. The first kappa shape index (κ1) is 18.0. The largest absolute Gasteiger partial charge is 0.493 e. The lowest BCUT2D eigenvalue weighted by Crippen LogP contribution is -2.39. The Kier molecular flexibility index (Phi) is 5.48. The Morgan fingerprint density at radius 2 is 1.68 bits per heavy atom. The van der Waals surface area contributed by atoms with Crippen LogP contribution in [0.15, 0.2) is 54.6 Å². The van der Waals surface area contributed by atoms with E-state index in [0.717, 1.165) is 25.4 Å². The number of hydrogen-bond acceptors (Lipinski definition) is 2. The minimum atomic E-state index is 0.0960. The molecule has 1 aliphatic heterocycles. The first-order valence-electron chi connectivity index (χ1n) is 9.41. The average molecular weight is 338 g/mol. The molecule has 25 heavy (non-hydrogen) atoms. The summed E-state index contributed by atoms with van der Waals surface area (Å²) in [6.45, 7) is 9.77. The number of rotatable bonds is 4. The number of piperidine rings is 1. The van der Waals surface area contributed by atoms with Gasteiger partial charge in [-0.25, -0.2) is 0 Å². The summed E-state index contributed by atoms with van der Waals surface area (Å²) in [5, 5.41) is 0. The van der Waals surface area contributed by atoms with Gasteiger partial charge >= 0.3 is 0 Å². The van der Waals surface area contributed by atoms with Gasteiger partial charge in [-0.05, 0) is 48.5 Å². The summed E-state index contributed by atoms with van der Waals surface area (Å²) in [5.74, 6) is 2.14. The molecule has 0 spiro atoms. The summed E-state index contributed by atoms with van der Waals surface area (Å²) >= 11 is 0. The van der Waals surface area contributed by atoms with E-state index in [1.807, 2.05) is 0 Å². The highest BCUT2D eigenvalue weighted by molar-refractivity contribution is 5.38. The van der Waals surface area contributed by atoms with Crippen LogP contribution >= 0.6 is 0 Å². The van der Waals surface area contributed by atoms with Crippen molar-refractivity contribution in [3.05, 3.63) is 65.7 Å². The quantitative estimate of drug-likeness (QED) is 0.770. The van der Waals surface area contributed by atoms with Crippen LogP contribution in [0.25, 0.3) is 0 Å². The van der Waals surface area contributed by atoms with Crippen LogP contribution in [0.1, 0.15) is 44.2 Å². The molecule has 0 N–H and O–H groups in total. The fraction of sp³-hybridized carbons (Fsp3) is 0.478. The van der Waals surface area contributed by atoms with Gasteiger partial charge in [0, 0.05) is 12.5 Å². The SMILES string of the molecule is CN1CCC(c2ccccc2)C(COc2ccccc2C(C)(C)C)C1. The normalized spacial score (nSPS) is 21.9. The van der Waals surface area contributed by atoms with Crippen molar-refractivity contribution in [2.75, 3.05) is 26.7 Å². The Bertz CT molecular complexity index is 674. The summed E-state index contributed by atoms with van der Waals surface area (Å²) in [6, 6.07) is 19.4. The maximum Gasteiger partial charge on any atom is 0.123 e. The van der Waals surface area contributed by atoms with Gasteiger partial charge in [0.2, 0.25) is 0 Å². The molecule has 2 unspecified atom stereocenters. The molecule has 134 valence electrons. The number of para-hydroxylation sites is 1. The molecule has 0 radical (unpaired) electrons. The van der Waals surface area contributed by atoms with Crippen molar-refractivity contribution in [3.8, 4) is 5.75 Å². The zero-order chi connectivity index (χ0) is 17.9. The van der Waals surface area contributed by atoms with Gasteiger partial charge in [-0.1, -0.05) is 69.3 Å². The maximum absolute atomic E-state index is 6.38. The van der Waals surface area contributed by atoms with Crippen molar-refractivity contribution in [1.82, 2.24) is 4.90 Å². The van der Waals surface area contributed by atoms with Gasteiger partial charge in [-0.3, -0.25) is 0 Å². The van der Waals surface area contributed by atoms with E-state index in [1.165, 1.54) is 17.5 Å². The third kappa shape index (κ3) is 4.43. The molecule has 1 heterocycles. The number of nitrogens with zero attached hydrogens (tertiary/aromatic N) is 1. The Morgan fingerprint density at radius 3 is 2.40 bits per heavy atom. The first-order valence-corrected chi connectivity index (χ1v) is 9.41. The van der Waals surface area contributed by atoms with Gasteiger partial charge in [-0.2, -0.15) is 0 Å². The monoisotopic (exact) mass is 337 g/mol. The second-order valence-electron chi connectivity index (χ2n) is 8.39. The molecule has 3 rings (SSSR count). The second kappa shape index (κ2) is 7.61. The lowest BCUT2D eigenvalue weighted by molar-refractivity contribution is 0.128. The Morgan fingerprint density at radius 1 is 1.00 bits per heavy atom. The Hall–Kier alpha value is -1.80. The van der Waals surface area contributed by atoms with Gasteiger partial charge in [0.25, 0.3) is 0 Å². The summed E-state index contributed by atoms with van der Waals surface area (Å²) in [7, 11) is 2.22.